The molecule has 1 heterocycles. The number of aliphatic carboxylic acids is 1. The number of aromatic nitrogens is 2. The lowest BCUT2D eigenvalue weighted by molar-refractivity contribution is -0.146. The van der Waals surface area contributed by atoms with E-state index in [0.717, 1.165) is 16.5 Å². The molecule has 7 heteroatoms. The maximum Gasteiger partial charge on any atom is 0.307 e. The fourth-order valence-corrected chi connectivity index (χ4v) is 4.28. The summed E-state index contributed by atoms with van der Waals surface area (Å²) >= 11 is 3.41. The fraction of sp³-hybridized carbons (Fsp3) is 0.316. The van der Waals surface area contributed by atoms with Gasteiger partial charge in [0.1, 0.15) is 0 Å². The molecule has 6 nitrogen and oxygen atoms in total. The van der Waals surface area contributed by atoms with Gasteiger partial charge < -0.3 is 10.4 Å². The van der Waals surface area contributed by atoms with Crippen LogP contribution in [0, 0.1) is 23.7 Å². The Morgan fingerprint density at radius 2 is 1.85 bits per heavy atom. The molecule has 1 fully saturated rings. The van der Waals surface area contributed by atoms with Gasteiger partial charge in [-0.15, -0.1) is 0 Å². The molecule has 0 saturated heterocycles. The molecule has 1 amide bonds. The Balaban J connectivity index is 1.44. The second-order valence-corrected chi connectivity index (χ2v) is 7.77. The maximum absolute atomic E-state index is 12.7. The molecule has 0 aliphatic heterocycles. The number of benzene rings is 1. The van der Waals surface area contributed by atoms with Crippen LogP contribution in [-0.4, -0.2) is 26.8 Å². The number of rotatable bonds is 5. The quantitative estimate of drug-likeness (QED) is 0.734. The largest absolute Gasteiger partial charge is 0.481 e. The first-order chi connectivity index (χ1) is 12.5. The van der Waals surface area contributed by atoms with E-state index in [4.69, 9.17) is 0 Å². The minimum Gasteiger partial charge on any atom is -0.481 e. The smallest absolute Gasteiger partial charge is 0.307 e. The highest BCUT2D eigenvalue weighted by atomic mass is 79.9. The van der Waals surface area contributed by atoms with E-state index in [-0.39, 0.29) is 17.7 Å². The molecule has 0 spiro atoms. The molecule has 2 N–H and O–H groups in total. The van der Waals surface area contributed by atoms with Crippen molar-refractivity contribution in [3.8, 4) is 0 Å². The number of carbonyl (C=O) groups excluding carboxylic acids is 1. The molecule has 1 aromatic carbocycles. The first-order valence-electron chi connectivity index (χ1n) is 8.51. The van der Waals surface area contributed by atoms with Gasteiger partial charge in [-0.25, -0.2) is 0 Å². The zero-order valence-corrected chi connectivity index (χ0v) is 15.5. The van der Waals surface area contributed by atoms with E-state index in [1.165, 1.54) is 0 Å². The van der Waals surface area contributed by atoms with Crippen LogP contribution >= 0.6 is 15.9 Å². The third kappa shape index (κ3) is 3.19. The molecule has 1 aromatic heterocycles. The minimum atomic E-state index is -0.900. The van der Waals surface area contributed by atoms with E-state index < -0.39 is 17.8 Å². The van der Waals surface area contributed by atoms with Crippen LogP contribution in [0.2, 0.25) is 0 Å². The lowest BCUT2D eigenvalue weighted by Crippen LogP contribution is -2.36. The van der Waals surface area contributed by atoms with Crippen LogP contribution in [-0.2, 0) is 16.1 Å². The van der Waals surface area contributed by atoms with Crippen molar-refractivity contribution in [3.05, 3.63) is 58.7 Å². The van der Waals surface area contributed by atoms with Crippen molar-refractivity contribution in [1.82, 2.24) is 9.78 Å². The van der Waals surface area contributed by atoms with E-state index in [1.807, 2.05) is 36.4 Å². The monoisotopic (exact) mass is 415 g/mol. The molecule has 2 bridgehead atoms. The molecular formula is C19H18BrN3O3. The SMILES string of the molecule is O=C(Nc1ccn(Cc2ccc(Br)cc2)n1)[C@@H]1[C@H](C(=O)O)[C@H]2C=C[C@H]1C2. The van der Waals surface area contributed by atoms with Crippen molar-refractivity contribution < 1.29 is 14.7 Å². The number of nitrogens with zero attached hydrogens (tertiary/aromatic N) is 2. The highest BCUT2D eigenvalue weighted by Gasteiger charge is 2.51. The number of carboxylic acids is 1. The van der Waals surface area contributed by atoms with Crippen LogP contribution in [0.5, 0.6) is 0 Å². The van der Waals surface area contributed by atoms with Gasteiger partial charge in [-0.05, 0) is 36.0 Å². The third-order valence-corrected chi connectivity index (χ3v) is 5.73. The van der Waals surface area contributed by atoms with Gasteiger partial charge in [0.25, 0.3) is 0 Å². The number of amides is 1. The van der Waals surface area contributed by atoms with Crippen LogP contribution in [0.15, 0.2) is 53.2 Å². The Bertz CT molecular complexity index is 874. The molecule has 0 unspecified atom stereocenters. The summed E-state index contributed by atoms with van der Waals surface area (Å²) in [6, 6.07) is 9.67. The highest BCUT2D eigenvalue weighted by Crippen LogP contribution is 2.48. The number of nitrogens with one attached hydrogen (secondary N) is 1. The predicted molar refractivity (Wildman–Crippen MR) is 99.5 cm³/mol. The second kappa shape index (κ2) is 6.72. The molecule has 1 saturated carbocycles. The zero-order valence-electron chi connectivity index (χ0n) is 13.9. The number of carboxylic acid groups (broad SMARTS) is 1. The summed E-state index contributed by atoms with van der Waals surface area (Å²) in [6.45, 7) is 0.595. The average Bonchev–Trinajstić information content (AvgIpc) is 3.32. The fourth-order valence-electron chi connectivity index (χ4n) is 4.02. The predicted octanol–water partition coefficient (Wildman–Crippen LogP) is 3.16. The van der Waals surface area contributed by atoms with E-state index in [2.05, 4.69) is 26.3 Å². The molecular weight excluding hydrogens is 398 g/mol. The Labute approximate surface area is 159 Å². The van der Waals surface area contributed by atoms with Crippen LogP contribution in [0.3, 0.4) is 0 Å². The van der Waals surface area contributed by atoms with Crippen molar-refractivity contribution >= 4 is 33.6 Å². The van der Waals surface area contributed by atoms with Gasteiger partial charge in [-0.3, -0.25) is 14.3 Å². The van der Waals surface area contributed by atoms with Gasteiger partial charge in [0, 0.05) is 16.7 Å². The van der Waals surface area contributed by atoms with Gasteiger partial charge in [-0.1, -0.05) is 40.2 Å². The van der Waals surface area contributed by atoms with Crippen molar-refractivity contribution in [2.45, 2.75) is 13.0 Å². The Kier molecular flexibility index (Phi) is 4.40. The molecule has 0 radical (unpaired) electrons. The molecule has 2 aliphatic carbocycles. The minimum absolute atomic E-state index is 0.00551. The highest BCUT2D eigenvalue weighted by molar-refractivity contribution is 9.10. The van der Waals surface area contributed by atoms with Gasteiger partial charge in [-0.2, -0.15) is 5.10 Å². The summed E-state index contributed by atoms with van der Waals surface area (Å²) in [5, 5.41) is 16.6. The Morgan fingerprint density at radius 1 is 1.15 bits per heavy atom. The number of fused-ring (bicyclic) bond motifs is 2. The summed E-state index contributed by atoms with van der Waals surface area (Å²) in [6.07, 6.45) is 6.45. The molecule has 2 aromatic rings. The van der Waals surface area contributed by atoms with Crippen LogP contribution < -0.4 is 5.32 Å². The lowest BCUT2D eigenvalue weighted by atomic mass is 9.82. The molecule has 26 heavy (non-hydrogen) atoms. The number of allylic oxidation sites excluding steroid dienone is 2. The second-order valence-electron chi connectivity index (χ2n) is 6.85. The van der Waals surface area contributed by atoms with Crippen LogP contribution in [0.4, 0.5) is 5.82 Å². The number of hydrogen-bond acceptors (Lipinski definition) is 3. The topological polar surface area (TPSA) is 84.2 Å². The molecule has 2 aliphatic rings. The van der Waals surface area contributed by atoms with Crippen LogP contribution in [0.25, 0.3) is 0 Å². The summed E-state index contributed by atoms with van der Waals surface area (Å²) in [4.78, 5) is 24.2. The van der Waals surface area contributed by atoms with Crippen molar-refractivity contribution in [2.24, 2.45) is 23.7 Å². The van der Waals surface area contributed by atoms with E-state index in [0.29, 0.717) is 12.4 Å². The first kappa shape index (κ1) is 17.0. The third-order valence-electron chi connectivity index (χ3n) is 5.20. The number of carbonyl (C=O) groups is 2. The van der Waals surface area contributed by atoms with Gasteiger partial charge in [0.05, 0.1) is 18.4 Å². The maximum atomic E-state index is 12.7. The Hall–Kier alpha value is -2.41. The van der Waals surface area contributed by atoms with Gasteiger partial charge in [0.2, 0.25) is 5.91 Å². The zero-order chi connectivity index (χ0) is 18.3. The van der Waals surface area contributed by atoms with Crippen molar-refractivity contribution in [1.29, 1.82) is 0 Å². The van der Waals surface area contributed by atoms with Crippen molar-refractivity contribution in [3.63, 3.8) is 0 Å². The average molecular weight is 416 g/mol. The van der Waals surface area contributed by atoms with Gasteiger partial charge >= 0.3 is 5.97 Å². The van der Waals surface area contributed by atoms with Crippen LogP contribution in [0.1, 0.15) is 12.0 Å². The van der Waals surface area contributed by atoms with E-state index in [9.17, 15) is 14.7 Å². The summed E-state index contributed by atoms with van der Waals surface area (Å²) in [5.74, 6) is -1.92. The molecule has 134 valence electrons. The summed E-state index contributed by atoms with van der Waals surface area (Å²) in [7, 11) is 0. The van der Waals surface area contributed by atoms with Gasteiger partial charge in [0.15, 0.2) is 5.82 Å². The molecule has 4 atom stereocenters. The number of anilines is 1. The standard InChI is InChI=1S/C19H18BrN3O3/c20-14-5-1-11(2-6-14)10-23-8-7-15(22-23)21-18(24)16-12-3-4-13(9-12)17(16)19(25)26/h1-8,12-13,16-17H,9-10H2,(H,25,26)(H,21,22,24)/t12-,13-,16-,17+/m0/s1. The van der Waals surface area contributed by atoms with E-state index in [1.54, 1.807) is 16.9 Å². The first-order valence-corrected chi connectivity index (χ1v) is 9.30. The van der Waals surface area contributed by atoms with Crippen molar-refractivity contribution in [2.75, 3.05) is 5.32 Å². The Morgan fingerprint density at radius 3 is 2.54 bits per heavy atom. The normalized spacial score (nSPS) is 26.2. The number of halogens is 1. The molecule has 4 rings (SSSR count). The lowest BCUT2D eigenvalue weighted by Gasteiger charge is -2.23. The number of hydrogen-bond donors (Lipinski definition) is 2. The van der Waals surface area contributed by atoms with E-state index >= 15 is 0 Å². The summed E-state index contributed by atoms with van der Waals surface area (Å²) < 4.78 is 2.76. The summed E-state index contributed by atoms with van der Waals surface area (Å²) in [5.41, 5.74) is 1.10.